The second-order valence-corrected chi connectivity index (χ2v) is 3.83. The van der Waals surface area contributed by atoms with Crippen molar-refractivity contribution in [1.29, 1.82) is 0 Å². The van der Waals surface area contributed by atoms with Crippen LogP contribution in [0.5, 0.6) is 0 Å². The van der Waals surface area contributed by atoms with Gasteiger partial charge in [-0.1, -0.05) is 12.1 Å². The summed E-state index contributed by atoms with van der Waals surface area (Å²) in [5.41, 5.74) is 2.16. The second kappa shape index (κ2) is 5.39. The summed E-state index contributed by atoms with van der Waals surface area (Å²) >= 11 is 0. The van der Waals surface area contributed by atoms with Crippen LogP contribution in [-0.2, 0) is 6.42 Å². The average Bonchev–Trinajstić information content (AvgIpc) is 2.32. The average molecular weight is 231 g/mol. The van der Waals surface area contributed by atoms with Crippen LogP contribution < -0.4 is 5.32 Å². The Balaban J connectivity index is 1.85. The maximum absolute atomic E-state index is 12.8. The van der Waals surface area contributed by atoms with Crippen LogP contribution >= 0.6 is 0 Å². The number of pyridine rings is 2. The van der Waals surface area contributed by atoms with Gasteiger partial charge in [0.05, 0.1) is 0 Å². The van der Waals surface area contributed by atoms with Gasteiger partial charge in [0.25, 0.3) is 0 Å². The highest BCUT2D eigenvalue weighted by Crippen LogP contribution is 2.05. The normalized spacial score (nSPS) is 10.2. The van der Waals surface area contributed by atoms with E-state index in [1.807, 2.05) is 25.3 Å². The van der Waals surface area contributed by atoms with Gasteiger partial charge in [-0.05, 0) is 37.1 Å². The second-order valence-electron chi connectivity index (χ2n) is 3.83. The summed E-state index contributed by atoms with van der Waals surface area (Å²) in [6.07, 6.45) is 2.70. The van der Waals surface area contributed by atoms with E-state index in [1.54, 1.807) is 12.1 Å². The molecule has 4 heteroatoms. The van der Waals surface area contributed by atoms with Gasteiger partial charge in [0.15, 0.2) is 0 Å². The molecule has 3 nitrogen and oxygen atoms in total. The first-order valence-electron chi connectivity index (χ1n) is 5.52. The molecule has 0 aliphatic carbocycles. The van der Waals surface area contributed by atoms with Gasteiger partial charge < -0.3 is 5.32 Å². The molecular weight excluding hydrogens is 217 g/mol. The van der Waals surface area contributed by atoms with E-state index in [2.05, 4.69) is 15.3 Å². The topological polar surface area (TPSA) is 37.8 Å². The molecule has 0 aliphatic heterocycles. The fourth-order valence-corrected chi connectivity index (χ4v) is 1.49. The lowest BCUT2D eigenvalue weighted by atomic mass is 10.2. The molecule has 2 aromatic heterocycles. The summed E-state index contributed by atoms with van der Waals surface area (Å²) in [6.45, 7) is 2.67. The van der Waals surface area contributed by atoms with E-state index in [0.29, 0.717) is 12.4 Å². The maximum Gasteiger partial charge on any atom is 0.214 e. The monoisotopic (exact) mass is 231 g/mol. The smallest absolute Gasteiger partial charge is 0.214 e. The fourth-order valence-electron chi connectivity index (χ4n) is 1.49. The molecule has 17 heavy (non-hydrogen) atoms. The quantitative estimate of drug-likeness (QED) is 0.822. The Kier molecular flexibility index (Phi) is 3.65. The van der Waals surface area contributed by atoms with Gasteiger partial charge in [0.1, 0.15) is 5.82 Å². The number of aryl methyl sites for hydroxylation is 1. The van der Waals surface area contributed by atoms with Crippen LogP contribution in [0.3, 0.4) is 0 Å². The number of halogens is 1. The highest BCUT2D eigenvalue weighted by atomic mass is 19.1. The largest absolute Gasteiger partial charge is 0.370 e. The van der Waals surface area contributed by atoms with Crippen LogP contribution in [-0.4, -0.2) is 16.5 Å². The number of nitrogens with zero attached hydrogens (tertiary/aromatic N) is 2. The third-order valence-electron chi connectivity index (χ3n) is 2.41. The summed E-state index contributed by atoms with van der Waals surface area (Å²) in [5.74, 6) is 0.0945. The van der Waals surface area contributed by atoms with Crippen molar-refractivity contribution in [2.24, 2.45) is 0 Å². The van der Waals surface area contributed by atoms with Crippen LogP contribution in [0.4, 0.5) is 10.2 Å². The minimum atomic E-state index is -0.466. The molecule has 0 aromatic carbocycles. The van der Waals surface area contributed by atoms with Crippen molar-refractivity contribution in [2.45, 2.75) is 13.3 Å². The van der Waals surface area contributed by atoms with E-state index in [-0.39, 0.29) is 0 Å². The summed E-state index contributed by atoms with van der Waals surface area (Å²) in [6, 6.07) is 8.74. The van der Waals surface area contributed by atoms with Crippen LogP contribution in [0.1, 0.15) is 11.3 Å². The summed E-state index contributed by atoms with van der Waals surface area (Å²) in [5, 5.41) is 3.07. The lowest BCUT2D eigenvalue weighted by molar-refractivity contribution is 0.585. The van der Waals surface area contributed by atoms with E-state index in [1.165, 1.54) is 6.07 Å². The Bertz CT molecular complexity index is 482. The SMILES string of the molecule is Cc1ccc(CCNc2cccc(F)n2)cn1. The van der Waals surface area contributed by atoms with E-state index >= 15 is 0 Å². The number of rotatable bonds is 4. The first kappa shape index (κ1) is 11.5. The predicted octanol–water partition coefficient (Wildman–Crippen LogP) is 2.58. The lowest BCUT2D eigenvalue weighted by Crippen LogP contribution is -2.06. The molecule has 0 saturated heterocycles. The van der Waals surface area contributed by atoms with E-state index in [4.69, 9.17) is 0 Å². The molecule has 0 fully saturated rings. The van der Waals surface area contributed by atoms with Gasteiger partial charge in [0.2, 0.25) is 5.95 Å². The van der Waals surface area contributed by atoms with E-state index in [9.17, 15) is 4.39 Å². The highest BCUT2D eigenvalue weighted by molar-refractivity contribution is 5.33. The Morgan fingerprint density at radius 3 is 2.82 bits per heavy atom. The van der Waals surface area contributed by atoms with Crippen LogP contribution in [0.2, 0.25) is 0 Å². The Labute approximate surface area is 99.7 Å². The first-order chi connectivity index (χ1) is 8.24. The van der Waals surface area contributed by atoms with Gasteiger partial charge in [0, 0.05) is 18.4 Å². The number of anilines is 1. The van der Waals surface area contributed by atoms with Crippen molar-refractivity contribution in [2.75, 3.05) is 11.9 Å². The van der Waals surface area contributed by atoms with Crippen LogP contribution in [0, 0.1) is 12.9 Å². The molecule has 2 aromatic rings. The van der Waals surface area contributed by atoms with E-state index in [0.717, 1.165) is 17.7 Å². The van der Waals surface area contributed by atoms with Crippen LogP contribution in [0.25, 0.3) is 0 Å². The third-order valence-corrected chi connectivity index (χ3v) is 2.41. The maximum atomic E-state index is 12.8. The van der Waals surface area contributed by atoms with Crippen molar-refractivity contribution in [1.82, 2.24) is 9.97 Å². The fraction of sp³-hybridized carbons (Fsp3) is 0.231. The molecule has 88 valence electrons. The molecular formula is C13H14FN3. The molecule has 0 bridgehead atoms. The van der Waals surface area contributed by atoms with Crippen LogP contribution in [0.15, 0.2) is 36.5 Å². The minimum absolute atomic E-state index is 0.466. The summed E-state index contributed by atoms with van der Waals surface area (Å²) in [7, 11) is 0. The zero-order valence-electron chi connectivity index (χ0n) is 9.65. The number of nitrogens with one attached hydrogen (secondary N) is 1. The van der Waals surface area contributed by atoms with Gasteiger partial charge in [-0.3, -0.25) is 4.98 Å². The first-order valence-corrected chi connectivity index (χ1v) is 5.52. The van der Waals surface area contributed by atoms with Crippen molar-refractivity contribution < 1.29 is 4.39 Å². The molecule has 0 amide bonds. The lowest BCUT2D eigenvalue weighted by Gasteiger charge is -2.05. The van der Waals surface area contributed by atoms with Gasteiger partial charge in [-0.15, -0.1) is 0 Å². The molecule has 2 rings (SSSR count). The van der Waals surface area contributed by atoms with Gasteiger partial charge in [-0.2, -0.15) is 4.39 Å². The molecule has 0 atom stereocenters. The summed E-state index contributed by atoms with van der Waals surface area (Å²) in [4.78, 5) is 7.94. The number of hydrogen-bond acceptors (Lipinski definition) is 3. The molecule has 0 saturated carbocycles. The Morgan fingerprint density at radius 2 is 2.12 bits per heavy atom. The van der Waals surface area contributed by atoms with E-state index < -0.39 is 5.95 Å². The standard InChI is InChI=1S/C13H14FN3/c1-10-5-6-11(9-16-10)7-8-15-13-4-2-3-12(14)17-13/h2-6,9H,7-8H2,1H3,(H,15,17). The Hall–Kier alpha value is -1.97. The zero-order chi connectivity index (χ0) is 12.1. The minimum Gasteiger partial charge on any atom is -0.370 e. The third kappa shape index (κ3) is 3.52. The summed E-state index contributed by atoms with van der Waals surface area (Å²) < 4.78 is 12.8. The zero-order valence-corrected chi connectivity index (χ0v) is 9.65. The molecule has 0 spiro atoms. The molecule has 2 heterocycles. The Morgan fingerprint density at radius 1 is 1.24 bits per heavy atom. The van der Waals surface area contributed by atoms with Gasteiger partial charge in [-0.25, -0.2) is 4.98 Å². The molecule has 0 aliphatic rings. The molecule has 0 radical (unpaired) electrons. The number of hydrogen-bond donors (Lipinski definition) is 1. The van der Waals surface area contributed by atoms with Crippen molar-refractivity contribution in [3.05, 3.63) is 53.7 Å². The highest BCUT2D eigenvalue weighted by Gasteiger charge is 1.97. The number of aromatic nitrogens is 2. The van der Waals surface area contributed by atoms with Gasteiger partial charge >= 0.3 is 0 Å². The predicted molar refractivity (Wildman–Crippen MR) is 65.4 cm³/mol. The molecule has 0 unspecified atom stereocenters. The van der Waals surface area contributed by atoms with Crippen molar-refractivity contribution in [3.63, 3.8) is 0 Å². The van der Waals surface area contributed by atoms with Crippen molar-refractivity contribution >= 4 is 5.82 Å². The molecule has 1 N–H and O–H groups in total. The van der Waals surface area contributed by atoms with Crippen molar-refractivity contribution in [3.8, 4) is 0 Å².